The molecule has 9 heteroatoms. The molecule has 7 nitrogen and oxygen atoms in total. The Morgan fingerprint density at radius 1 is 1.42 bits per heavy atom. The number of halogens is 1. The highest BCUT2D eigenvalue weighted by molar-refractivity contribution is 7.89. The van der Waals surface area contributed by atoms with Crippen LogP contribution in [0.15, 0.2) is 15.4 Å². The number of furan rings is 1. The van der Waals surface area contributed by atoms with Gasteiger partial charge in [0.1, 0.15) is 16.4 Å². The molecule has 0 saturated carbocycles. The van der Waals surface area contributed by atoms with E-state index in [2.05, 4.69) is 5.32 Å². The van der Waals surface area contributed by atoms with E-state index in [0.717, 1.165) is 19.3 Å². The highest BCUT2D eigenvalue weighted by Gasteiger charge is 2.35. The summed E-state index contributed by atoms with van der Waals surface area (Å²) in [7, 11) is -3.62. The summed E-state index contributed by atoms with van der Waals surface area (Å²) in [4.78, 5) is 11.8. The molecule has 0 aromatic carbocycles. The highest BCUT2D eigenvalue weighted by Crippen LogP contribution is 2.28. The summed E-state index contributed by atoms with van der Waals surface area (Å²) in [5.74, 6) is 0.829. The largest absolute Gasteiger partial charge is 0.465 e. The van der Waals surface area contributed by atoms with Gasteiger partial charge in [0.05, 0.1) is 0 Å². The van der Waals surface area contributed by atoms with Crippen molar-refractivity contribution in [3.05, 3.63) is 17.6 Å². The van der Waals surface area contributed by atoms with Gasteiger partial charge in [0.15, 0.2) is 0 Å². The van der Waals surface area contributed by atoms with Crippen molar-refractivity contribution in [3.63, 3.8) is 0 Å². The number of sulfonamides is 1. The summed E-state index contributed by atoms with van der Waals surface area (Å²) >= 11 is 0. The number of hydrogen-bond acceptors (Lipinski definition) is 5. The molecule has 24 heavy (non-hydrogen) atoms. The van der Waals surface area contributed by atoms with E-state index >= 15 is 0 Å². The molecule has 138 valence electrons. The number of rotatable bonds is 6. The van der Waals surface area contributed by atoms with Gasteiger partial charge in [-0.05, 0) is 32.8 Å². The minimum Gasteiger partial charge on any atom is -0.465 e. The zero-order valence-corrected chi connectivity index (χ0v) is 15.7. The van der Waals surface area contributed by atoms with Crippen LogP contribution in [-0.2, 0) is 14.8 Å². The van der Waals surface area contributed by atoms with Gasteiger partial charge in [-0.1, -0.05) is 6.42 Å². The number of piperidine rings is 1. The maximum absolute atomic E-state index is 12.9. The molecule has 0 bridgehead atoms. The van der Waals surface area contributed by atoms with Gasteiger partial charge in [0, 0.05) is 32.1 Å². The molecular weight excluding hydrogens is 354 g/mol. The molecule has 1 aromatic rings. The highest BCUT2D eigenvalue weighted by atomic mass is 35.5. The lowest BCUT2D eigenvalue weighted by Crippen LogP contribution is -2.49. The van der Waals surface area contributed by atoms with Crippen molar-refractivity contribution in [1.82, 2.24) is 9.62 Å². The quantitative estimate of drug-likeness (QED) is 0.775. The molecule has 1 aliphatic heterocycles. The molecule has 0 spiro atoms. The van der Waals surface area contributed by atoms with E-state index in [1.807, 2.05) is 0 Å². The van der Waals surface area contributed by atoms with E-state index < -0.39 is 10.0 Å². The SMILES string of the molecule is Cc1cc(S(=O)(=O)N2CCCCC2CNC(=O)CCN)c(C)o1.Cl. The molecule has 1 unspecified atom stereocenters. The molecule has 1 aromatic heterocycles. The van der Waals surface area contributed by atoms with E-state index in [1.165, 1.54) is 4.31 Å². The Bertz CT molecular complexity index is 660. The third kappa shape index (κ3) is 4.72. The Labute approximate surface area is 149 Å². The summed E-state index contributed by atoms with van der Waals surface area (Å²) in [6, 6.07) is 1.33. The fourth-order valence-corrected chi connectivity index (χ4v) is 4.85. The van der Waals surface area contributed by atoms with Crippen molar-refractivity contribution in [1.29, 1.82) is 0 Å². The van der Waals surface area contributed by atoms with Crippen LogP contribution in [0.25, 0.3) is 0 Å². The summed E-state index contributed by atoms with van der Waals surface area (Å²) in [5, 5.41) is 2.78. The Hall–Kier alpha value is -1.09. The number of nitrogens with one attached hydrogen (secondary N) is 1. The van der Waals surface area contributed by atoms with Crippen LogP contribution < -0.4 is 11.1 Å². The smallest absolute Gasteiger partial charge is 0.246 e. The normalized spacial score (nSPS) is 18.9. The van der Waals surface area contributed by atoms with Crippen LogP contribution in [0, 0.1) is 13.8 Å². The van der Waals surface area contributed by atoms with E-state index in [0.29, 0.717) is 24.6 Å². The van der Waals surface area contributed by atoms with E-state index in [-0.39, 0.29) is 42.2 Å². The van der Waals surface area contributed by atoms with E-state index in [4.69, 9.17) is 10.2 Å². The van der Waals surface area contributed by atoms with Gasteiger partial charge in [-0.15, -0.1) is 12.4 Å². The van der Waals surface area contributed by atoms with Crippen LogP contribution in [0.1, 0.15) is 37.2 Å². The zero-order chi connectivity index (χ0) is 17.0. The Morgan fingerprint density at radius 3 is 2.71 bits per heavy atom. The number of aryl methyl sites for hydroxylation is 2. The number of carbonyl (C=O) groups excluding carboxylic acids is 1. The molecule has 2 heterocycles. The van der Waals surface area contributed by atoms with Crippen molar-refractivity contribution in [3.8, 4) is 0 Å². The molecule has 1 aliphatic rings. The van der Waals surface area contributed by atoms with Crippen molar-refractivity contribution < 1.29 is 17.6 Å². The fourth-order valence-electron chi connectivity index (χ4n) is 2.94. The van der Waals surface area contributed by atoms with Gasteiger partial charge in [-0.3, -0.25) is 4.79 Å². The molecule has 1 saturated heterocycles. The van der Waals surface area contributed by atoms with Gasteiger partial charge >= 0.3 is 0 Å². The van der Waals surface area contributed by atoms with Crippen LogP contribution in [0.4, 0.5) is 0 Å². The predicted octanol–water partition coefficient (Wildman–Crippen LogP) is 1.33. The first kappa shape index (κ1) is 21.0. The second kappa shape index (κ2) is 8.84. The van der Waals surface area contributed by atoms with E-state index in [9.17, 15) is 13.2 Å². The maximum Gasteiger partial charge on any atom is 0.246 e. The molecule has 1 atom stereocenters. The van der Waals surface area contributed by atoms with Crippen LogP contribution in [-0.4, -0.2) is 44.3 Å². The molecule has 1 fully saturated rings. The third-order valence-electron chi connectivity index (χ3n) is 4.06. The van der Waals surface area contributed by atoms with Gasteiger partial charge in [0.2, 0.25) is 15.9 Å². The summed E-state index contributed by atoms with van der Waals surface area (Å²) in [5.41, 5.74) is 5.35. The number of nitrogens with two attached hydrogens (primary N) is 1. The van der Waals surface area contributed by atoms with Gasteiger partial charge in [-0.2, -0.15) is 4.31 Å². The van der Waals surface area contributed by atoms with Gasteiger partial charge < -0.3 is 15.5 Å². The number of nitrogens with zero attached hydrogens (tertiary/aromatic N) is 1. The van der Waals surface area contributed by atoms with Crippen LogP contribution in [0.3, 0.4) is 0 Å². The van der Waals surface area contributed by atoms with Crippen molar-refractivity contribution in [2.45, 2.75) is 50.5 Å². The summed E-state index contributed by atoms with van der Waals surface area (Å²) < 4.78 is 32.7. The van der Waals surface area contributed by atoms with Crippen molar-refractivity contribution in [2.75, 3.05) is 19.6 Å². The molecule has 3 N–H and O–H groups in total. The van der Waals surface area contributed by atoms with Gasteiger partial charge in [-0.25, -0.2) is 8.42 Å². The second-order valence-electron chi connectivity index (χ2n) is 5.89. The average Bonchev–Trinajstić information content (AvgIpc) is 2.85. The molecule has 2 rings (SSSR count). The topological polar surface area (TPSA) is 106 Å². The Morgan fingerprint density at radius 2 is 2.12 bits per heavy atom. The van der Waals surface area contributed by atoms with Crippen molar-refractivity contribution in [2.24, 2.45) is 5.73 Å². The minimum absolute atomic E-state index is 0. The summed E-state index contributed by atoms with van der Waals surface area (Å²) in [6.45, 7) is 4.44. The van der Waals surface area contributed by atoms with E-state index in [1.54, 1.807) is 19.9 Å². The lowest BCUT2D eigenvalue weighted by Gasteiger charge is -2.34. The third-order valence-corrected chi connectivity index (χ3v) is 6.12. The number of amides is 1. The molecule has 1 amide bonds. The zero-order valence-electron chi connectivity index (χ0n) is 14.1. The van der Waals surface area contributed by atoms with Gasteiger partial charge in [0.25, 0.3) is 0 Å². The molecular formula is C15H26ClN3O4S. The Balaban J connectivity index is 0.00000288. The minimum atomic E-state index is -3.62. The summed E-state index contributed by atoms with van der Waals surface area (Å²) in [6.07, 6.45) is 2.76. The van der Waals surface area contributed by atoms with Crippen LogP contribution in [0.2, 0.25) is 0 Å². The first-order valence-electron chi connectivity index (χ1n) is 7.92. The average molecular weight is 380 g/mol. The van der Waals surface area contributed by atoms with Crippen LogP contribution >= 0.6 is 12.4 Å². The van der Waals surface area contributed by atoms with Crippen molar-refractivity contribution >= 4 is 28.3 Å². The maximum atomic E-state index is 12.9. The Kier molecular flexibility index (Phi) is 7.72. The first-order valence-corrected chi connectivity index (χ1v) is 9.36. The lowest BCUT2D eigenvalue weighted by atomic mass is 10.1. The number of carbonyl (C=O) groups is 1. The van der Waals surface area contributed by atoms with Crippen LogP contribution in [0.5, 0.6) is 0 Å². The standard InChI is InChI=1S/C15H25N3O4S.ClH/c1-11-9-14(12(2)22-11)23(20,21)18-8-4-3-5-13(18)10-17-15(19)6-7-16;/h9,13H,3-8,10,16H2,1-2H3,(H,17,19);1H. The predicted molar refractivity (Wildman–Crippen MR) is 93.6 cm³/mol. The second-order valence-corrected chi connectivity index (χ2v) is 7.74. The first-order chi connectivity index (χ1) is 10.9. The fraction of sp³-hybridized carbons (Fsp3) is 0.667. The lowest BCUT2D eigenvalue weighted by molar-refractivity contribution is -0.121. The monoisotopic (exact) mass is 379 g/mol. The number of hydrogen-bond donors (Lipinski definition) is 2. The molecule has 0 aliphatic carbocycles. The molecule has 0 radical (unpaired) electrons.